The van der Waals surface area contributed by atoms with Crippen LogP contribution in [0.4, 0.5) is 8.78 Å². The van der Waals surface area contributed by atoms with E-state index in [9.17, 15) is 8.78 Å². The zero-order valence-electron chi connectivity index (χ0n) is 11.1. The van der Waals surface area contributed by atoms with Crippen LogP contribution in [-0.2, 0) is 6.54 Å². The van der Waals surface area contributed by atoms with Crippen LogP contribution in [0.1, 0.15) is 24.3 Å². The molecule has 1 fully saturated rings. The van der Waals surface area contributed by atoms with E-state index in [0.717, 1.165) is 36.8 Å². The summed E-state index contributed by atoms with van der Waals surface area (Å²) in [7, 11) is 0. The standard InChI is InChI=1S/C15H16F2N2S/c16-11-4-5-13(17)12(8-11)14-10-20-15(18-14)9-19-6-2-1-3-7-19/h4-5,8,10H,1-3,6-7,9H2. The topological polar surface area (TPSA) is 16.1 Å². The Morgan fingerprint density at radius 3 is 2.75 bits per heavy atom. The molecule has 0 amide bonds. The van der Waals surface area contributed by atoms with Crippen LogP contribution in [0.15, 0.2) is 23.6 Å². The van der Waals surface area contributed by atoms with Crippen molar-refractivity contribution in [3.8, 4) is 11.3 Å². The highest BCUT2D eigenvalue weighted by molar-refractivity contribution is 7.09. The van der Waals surface area contributed by atoms with Crippen molar-refractivity contribution in [3.63, 3.8) is 0 Å². The van der Waals surface area contributed by atoms with Gasteiger partial charge in [-0.3, -0.25) is 4.90 Å². The van der Waals surface area contributed by atoms with Crippen LogP contribution >= 0.6 is 11.3 Å². The fraction of sp³-hybridized carbons (Fsp3) is 0.400. The summed E-state index contributed by atoms with van der Waals surface area (Å²) < 4.78 is 26.9. The van der Waals surface area contributed by atoms with Gasteiger partial charge in [0.05, 0.1) is 12.2 Å². The molecule has 0 atom stereocenters. The van der Waals surface area contributed by atoms with Gasteiger partial charge in [0.2, 0.25) is 0 Å². The van der Waals surface area contributed by atoms with Gasteiger partial charge in [0, 0.05) is 10.9 Å². The quantitative estimate of drug-likeness (QED) is 0.848. The smallest absolute Gasteiger partial charge is 0.132 e. The number of rotatable bonds is 3. The van der Waals surface area contributed by atoms with Gasteiger partial charge in [-0.15, -0.1) is 11.3 Å². The molecule has 20 heavy (non-hydrogen) atoms. The van der Waals surface area contributed by atoms with E-state index in [1.165, 1.54) is 36.7 Å². The minimum atomic E-state index is -0.438. The van der Waals surface area contributed by atoms with E-state index in [-0.39, 0.29) is 5.56 Å². The van der Waals surface area contributed by atoms with E-state index in [4.69, 9.17) is 0 Å². The molecule has 0 N–H and O–H groups in total. The van der Waals surface area contributed by atoms with Crippen LogP contribution in [-0.4, -0.2) is 23.0 Å². The fourth-order valence-corrected chi connectivity index (χ4v) is 3.35. The van der Waals surface area contributed by atoms with Crippen molar-refractivity contribution < 1.29 is 8.78 Å². The molecule has 5 heteroatoms. The summed E-state index contributed by atoms with van der Waals surface area (Å²) in [6.07, 6.45) is 3.77. The SMILES string of the molecule is Fc1ccc(F)c(-c2csc(CN3CCCCC3)n2)c1. The van der Waals surface area contributed by atoms with Gasteiger partial charge in [0.15, 0.2) is 0 Å². The molecule has 0 aliphatic carbocycles. The second-order valence-corrected chi connectivity index (χ2v) is 6.03. The maximum absolute atomic E-state index is 13.7. The number of benzene rings is 1. The van der Waals surface area contributed by atoms with Crippen LogP contribution in [0.5, 0.6) is 0 Å². The Hall–Kier alpha value is -1.33. The highest BCUT2D eigenvalue weighted by atomic mass is 32.1. The number of hydrogen-bond donors (Lipinski definition) is 0. The monoisotopic (exact) mass is 294 g/mol. The predicted octanol–water partition coefficient (Wildman–Crippen LogP) is 4.07. The number of thiazole rings is 1. The molecule has 1 saturated heterocycles. The van der Waals surface area contributed by atoms with Crippen molar-refractivity contribution in [2.45, 2.75) is 25.8 Å². The van der Waals surface area contributed by atoms with Crippen LogP contribution < -0.4 is 0 Å². The first-order valence-corrected chi connectivity index (χ1v) is 7.72. The molecule has 0 spiro atoms. The van der Waals surface area contributed by atoms with Gasteiger partial charge >= 0.3 is 0 Å². The Kier molecular flexibility index (Phi) is 4.08. The highest BCUT2D eigenvalue weighted by Crippen LogP contribution is 2.26. The summed E-state index contributed by atoms with van der Waals surface area (Å²) in [5.41, 5.74) is 0.769. The molecular weight excluding hydrogens is 278 g/mol. The molecule has 106 valence electrons. The third kappa shape index (κ3) is 3.04. The molecule has 1 aliphatic heterocycles. The van der Waals surface area contributed by atoms with E-state index in [2.05, 4.69) is 9.88 Å². The molecule has 1 aliphatic rings. The molecule has 0 bridgehead atoms. The number of aromatic nitrogens is 1. The fourth-order valence-electron chi connectivity index (χ4n) is 2.51. The summed E-state index contributed by atoms with van der Waals surface area (Å²) in [6, 6.07) is 3.48. The molecule has 2 heterocycles. The first-order valence-electron chi connectivity index (χ1n) is 6.84. The van der Waals surface area contributed by atoms with E-state index in [1.807, 2.05) is 0 Å². The van der Waals surface area contributed by atoms with Crippen molar-refractivity contribution >= 4 is 11.3 Å². The lowest BCUT2D eigenvalue weighted by atomic mass is 10.1. The predicted molar refractivity (Wildman–Crippen MR) is 76.6 cm³/mol. The zero-order chi connectivity index (χ0) is 13.9. The Morgan fingerprint density at radius 2 is 1.95 bits per heavy atom. The minimum Gasteiger partial charge on any atom is -0.297 e. The van der Waals surface area contributed by atoms with E-state index >= 15 is 0 Å². The first kappa shape index (κ1) is 13.6. The van der Waals surface area contributed by atoms with Crippen LogP contribution in [0.3, 0.4) is 0 Å². The van der Waals surface area contributed by atoms with Gasteiger partial charge in [-0.1, -0.05) is 6.42 Å². The van der Waals surface area contributed by atoms with Gasteiger partial charge in [-0.05, 0) is 44.1 Å². The normalized spacial score (nSPS) is 16.5. The number of halogens is 2. The second-order valence-electron chi connectivity index (χ2n) is 5.09. The van der Waals surface area contributed by atoms with E-state index < -0.39 is 11.6 Å². The van der Waals surface area contributed by atoms with Crippen LogP contribution in [0.2, 0.25) is 0 Å². The first-order chi connectivity index (χ1) is 9.72. The third-order valence-electron chi connectivity index (χ3n) is 3.56. The molecule has 0 saturated carbocycles. The number of nitrogens with zero attached hydrogens (tertiary/aromatic N) is 2. The average molecular weight is 294 g/mol. The summed E-state index contributed by atoms with van der Waals surface area (Å²) >= 11 is 1.51. The molecular formula is C15H16F2N2S. The Morgan fingerprint density at radius 1 is 1.15 bits per heavy atom. The lowest BCUT2D eigenvalue weighted by molar-refractivity contribution is 0.220. The Bertz CT molecular complexity index is 591. The Labute approximate surface area is 121 Å². The third-order valence-corrected chi connectivity index (χ3v) is 4.40. The minimum absolute atomic E-state index is 0.242. The van der Waals surface area contributed by atoms with Crippen molar-refractivity contribution in [1.29, 1.82) is 0 Å². The van der Waals surface area contributed by atoms with E-state index in [1.54, 1.807) is 5.38 Å². The largest absolute Gasteiger partial charge is 0.297 e. The van der Waals surface area contributed by atoms with Gasteiger partial charge in [0.1, 0.15) is 16.6 Å². The van der Waals surface area contributed by atoms with Gasteiger partial charge in [-0.25, -0.2) is 13.8 Å². The summed E-state index contributed by atoms with van der Waals surface area (Å²) in [6.45, 7) is 3.01. The maximum Gasteiger partial charge on any atom is 0.132 e. The van der Waals surface area contributed by atoms with Crippen molar-refractivity contribution in [1.82, 2.24) is 9.88 Å². The van der Waals surface area contributed by atoms with Crippen LogP contribution in [0, 0.1) is 11.6 Å². The summed E-state index contributed by atoms with van der Waals surface area (Å²) in [5.74, 6) is -0.867. The zero-order valence-corrected chi connectivity index (χ0v) is 11.9. The summed E-state index contributed by atoms with van der Waals surface area (Å²) in [5, 5.41) is 2.77. The molecule has 1 aromatic heterocycles. The molecule has 3 rings (SSSR count). The van der Waals surface area contributed by atoms with Gasteiger partial charge < -0.3 is 0 Å². The average Bonchev–Trinajstić information content (AvgIpc) is 2.91. The summed E-state index contributed by atoms with van der Waals surface area (Å²) in [4.78, 5) is 6.82. The van der Waals surface area contributed by atoms with E-state index in [0.29, 0.717) is 5.69 Å². The van der Waals surface area contributed by atoms with Crippen molar-refractivity contribution in [2.24, 2.45) is 0 Å². The molecule has 0 unspecified atom stereocenters. The number of piperidine rings is 1. The number of likely N-dealkylation sites (tertiary alicyclic amines) is 1. The second kappa shape index (κ2) is 5.97. The Balaban J connectivity index is 1.77. The van der Waals surface area contributed by atoms with Crippen LogP contribution in [0.25, 0.3) is 11.3 Å². The maximum atomic E-state index is 13.7. The lowest BCUT2D eigenvalue weighted by Crippen LogP contribution is -2.28. The lowest BCUT2D eigenvalue weighted by Gasteiger charge is -2.25. The highest BCUT2D eigenvalue weighted by Gasteiger charge is 2.14. The molecule has 2 nitrogen and oxygen atoms in total. The number of hydrogen-bond acceptors (Lipinski definition) is 3. The van der Waals surface area contributed by atoms with Crippen molar-refractivity contribution in [2.75, 3.05) is 13.1 Å². The van der Waals surface area contributed by atoms with Gasteiger partial charge in [0.25, 0.3) is 0 Å². The molecule has 2 aromatic rings. The van der Waals surface area contributed by atoms with Crippen molar-refractivity contribution in [3.05, 3.63) is 40.2 Å². The molecule has 1 aromatic carbocycles. The molecule has 0 radical (unpaired) electrons. The van der Waals surface area contributed by atoms with Gasteiger partial charge in [-0.2, -0.15) is 0 Å².